The minimum absolute atomic E-state index is 0. The Morgan fingerprint density at radius 3 is 2.66 bits per heavy atom. The van der Waals surface area contributed by atoms with Gasteiger partial charge in [0.2, 0.25) is 0 Å². The van der Waals surface area contributed by atoms with Crippen LogP contribution in [0.25, 0.3) is 10.9 Å². The minimum Gasteiger partial charge on any atom is -0.493 e. The molecule has 182 valence electrons. The summed E-state index contributed by atoms with van der Waals surface area (Å²) < 4.78 is 27.7. The normalized spacial score (nSPS) is 16.7. The highest BCUT2D eigenvalue weighted by Crippen LogP contribution is 2.44. The Labute approximate surface area is 205 Å². The molecule has 0 amide bonds. The SMILES string of the molecule is C.COc1cc2c(cc1OCc1ccccc1)C1Cc3c(n(CO)c4cc(F)ccc34)CN1CC2. The molecule has 3 aromatic carbocycles. The number of hydrogen-bond acceptors (Lipinski definition) is 4. The van der Waals surface area contributed by atoms with Crippen molar-refractivity contribution in [2.24, 2.45) is 0 Å². The molecule has 1 atom stereocenters. The van der Waals surface area contributed by atoms with Crippen LogP contribution in [0.1, 0.15) is 41.4 Å². The summed E-state index contributed by atoms with van der Waals surface area (Å²) in [5.74, 6) is 1.22. The molecule has 0 saturated heterocycles. The number of nitrogens with zero attached hydrogens (tertiary/aromatic N) is 2. The Kier molecular flexibility index (Phi) is 6.26. The maximum atomic E-state index is 14.0. The summed E-state index contributed by atoms with van der Waals surface area (Å²) in [6, 6.07) is 19.5. The third-order valence-corrected chi connectivity index (χ3v) is 7.27. The zero-order valence-corrected chi connectivity index (χ0v) is 19.1. The lowest BCUT2D eigenvalue weighted by Crippen LogP contribution is -2.39. The van der Waals surface area contributed by atoms with Crippen LogP contribution in [0.3, 0.4) is 0 Å². The Morgan fingerprint density at radius 2 is 1.89 bits per heavy atom. The number of aromatic nitrogens is 1. The average molecular weight is 475 g/mol. The van der Waals surface area contributed by atoms with Crippen molar-refractivity contribution in [3.05, 3.63) is 94.4 Å². The van der Waals surface area contributed by atoms with Crippen LogP contribution in [0.5, 0.6) is 11.5 Å². The smallest absolute Gasteiger partial charge is 0.162 e. The number of ether oxygens (including phenoxy) is 2. The lowest BCUT2D eigenvalue weighted by Gasteiger charge is -2.41. The van der Waals surface area contributed by atoms with Crippen LogP contribution in [0.4, 0.5) is 4.39 Å². The van der Waals surface area contributed by atoms with E-state index < -0.39 is 0 Å². The summed E-state index contributed by atoms with van der Waals surface area (Å²) in [5, 5.41) is 11.1. The van der Waals surface area contributed by atoms with Gasteiger partial charge in [-0.15, -0.1) is 0 Å². The standard InChI is InChI=1S/C28H27FN2O3.CH4/c1-33-27-11-19-9-10-30-15-26-23(21-8-7-20(29)12-25(21)31(26)17-32)13-24(30)22(19)14-28(27)34-16-18-5-3-2-4-6-18;/h2-8,11-12,14,24,32H,9-10,13,15-17H2,1H3;1H4. The summed E-state index contributed by atoms with van der Waals surface area (Å²) >= 11 is 0. The van der Waals surface area contributed by atoms with Crippen LogP contribution in [0.15, 0.2) is 60.7 Å². The van der Waals surface area contributed by atoms with E-state index in [9.17, 15) is 9.50 Å². The molecule has 6 heteroatoms. The van der Waals surface area contributed by atoms with Gasteiger partial charge < -0.3 is 19.1 Å². The zero-order chi connectivity index (χ0) is 23.2. The van der Waals surface area contributed by atoms with Crippen molar-refractivity contribution >= 4 is 10.9 Å². The van der Waals surface area contributed by atoms with Gasteiger partial charge in [-0.05, 0) is 65.4 Å². The average Bonchev–Trinajstić information content (AvgIpc) is 3.17. The van der Waals surface area contributed by atoms with Crippen molar-refractivity contribution in [3.63, 3.8) is 0 Å². The first-order chi connectivity index (χ1) is 16.7. The predicted molar refractivity (Wildman–Crippen MR) is 135 cm³/mol. The van der Waals surface area contributed by atoms with E-state index in [0.29, 0.717) is 6.61 Å². The molecule has 35 heavy (non-hydrogen) atoms. The number of aliphatic hydroxyl groups excluding tert-OH is 1. The summed E-state index contributed by atoms with van der Waals surface area (Å²) in [4.78, 5) is 2.46. The molecule has 0 radical (unpaired) electrons. The van der Waals surface area contributed by atoms with E-state index in [0.717, 1.165) is 59.6 Å². The first kappa shape index (κ1) is 23.4. The second-order valence-electron chi connectivity index (χ2n) is 9.07. The van der Waals surface area contributed by atoms with Gasteiger partial charge in [0, 0.05) is 30.2 Å². The highest BCUT2D eigenvalue weighted by atomic mass is 19.1. The van der Waals surface area contributed by atoms with Crippen LogP contribution < -0.4 is 9.47 Å². The van der Waals surface area contributed by atoms with Crippen LogP contribution in [-0.4, -0.2) is 28.2 Å². The van der Waals surface area contributed by atoms with Gasteiger partial charge in [-0.25, -0.2) is 4.39 Å². The fraction of sp³-hybridized carbons (Fsp3) is 0.310. The molecular weight excluding hydrogens is 443 g/mol. The van der Waals surface area contributed by atoms with Gasteiger partial charge in [0.1, 0.15) is 19.2 Å². The lowest BCUT2D eigenvalue weighted by atomic mass is 9.85. The van der Waals surface area contributed by atoms with E-state index in [1.165, 1.54) is 28.8 Å². The molecule has 1 unspecified atom stereocenters. The highest BCUT2D eigenvalue weighted by Gasteiger charge is 2.36. The molecule has 4 aromatic rings. The molecule has 6 rings (SSSR count). The quantitative estimate of drug-likeness (QED) is 0.409. The molecule has 0 saturated carbocycles. The second kappa shape index (κ2) is 9.36. The van der Waals surface area contributed by atoms with Crippen molar-refractivity contribution < 1.29 is 19.0 Å². The van der Waals surface area contributed by atoms with Gasteiger partial charge in [-0.3, -0.25) is 4.90 Å². The van der Waals surface area contributed by atoms with E-state index in [-0.39, 0.29) is 26.0 Å². The van der Waals surface area contributed by atoms with Crippen molar-refractivity contribution in [2.75, 3.05) is 13.7 Å². The summed E-state index contributed by atoms with van der Waals surface area (Å²) in [6.07, 6.45) is 1.73. The summed E-state index contributed by atoms with van der Waals surface area (Å²) in [6.45, 7) is 1.97. The number of hydrogen-bond donors (Lipinski definition) is 1. The van der Waals surface area contributed by atoms with Gasteiger partial charge in [-0.1, -0.05) is 37.8 Å². The molecule has 0 bridgehead atoms. The number of rotatable bonds is 5. The van der Waals surface area contributed by atoms with E-state index in [1.54, 1.807) is 7.11 Å². The lowest BCUT2D eigenvalue weighted by molar-refractivity contribution is 0.145. The second-order valence-corrected chi connectivity index (χ2v) is 9.07. The van der Waals surface area contributed by atoms with Crippen LogP contribution in [0.2, 0.25) is 0 Å². The van der Waals surface area contributed by atoms with Crippen LogP contribution in [-0.2, 0) is 32.7 Å². The first-order valence-electron chi connectivity index (χ1n) is 11.7. The molecule has 5 nitrogen and oxygen atoms in total. The van der Waals surface area contributed by atoms with Gasteiger partial charge in [0.25, 0.3) is 0 Å². The third kappa shape index (κ3) is 3.97. The predicted octanol–water partition coefficient (Wildman–Crippen LogP) is 5.61. The van der Waals surface area contributed by atoms with E-state index >= 15 is 0 Å². The number of fused-ring (bicyclic) bond motifs is 6. The summed E-state index contributed by atoms with van der Waals surface area (Å²) in [7, 11) is 1.68. The minimum atomic E-state index is -0.285. The molecular formula is C29H31FN2O3. The molecule has 1 N–H and O–H groups in total. The molecule has 1 aromatic heterocycles. The van der Waals surface area contributed by atoms with E-state index in [4.69, 9.17) is 9.47 Å². The maximum Gasteiger partial charge on any atom is 0.162 e. The molecule has 3 heterocycles. The van der Waals surface area contributed by atoms with Crippen LogP contribution in [0, 0.1) is 5.82 Å². The van der Waals surface area contributed by atoms with Gasteiger partial charge in [0.15, 0.2) is 11.5 Å². The Morgan fingerprint density at radius 1 is 1.06 bits per heavy atom. The van der Waals surface area contributed by atoms with E-state index in [2.05, 4.69) is 29.2 Å². The van der Waals surface area contributed by atoms with Gasteiger partial charge >= 0.3 is 0 Å². The third-order valence-electron chi connectivity index (χ3n) is 7.27. The first-order valence-corrected chi connectivity index (χ1v) is 11.7. The Bertz CT molecular complexity index is 1370. The zero-order valence-electron chi connectivity index (χ0n) is 19.1. The summed E-state index contributed by atoms with van der Waals surface area (Å²) in [5.41, 5.74) is 6.68. The van der Waals surface area contributed by atoms with Crippen molar-refractivity contribution in [3.8, 4) is 11.5 Å². The van der Waals surface area contributed by atoms with Crippen LogP contribution >= 0.6 is 0 Å². The Balaban J connectivity index is 0.00000253. The van der Waals surface area contributed by atoms with Gasteiger partial charge in [-0.2, -0.15) is 0 Å². The molecule has 0 spiro atoms. The fourth-order valence-corrected chi connectivity index (χ4v) is 5.60. The van der Waals surface area contributed by atoms with Crippen molar-refractivity contribution in [2.45, 2.75) is 46.2 Å². The fourth-order valence-electron chi connectivity index (χ4n) is 5.60. The van der Waals surface area contributed by atoms with E-state index in [1.807, 2.05) is 28.8 Å². The highest BCUT2D eigenvalue weighted by molar-refractivity contribution is 5.86. The topological polar surface area (TPSA) is 46.9 Å². The molecule has 0 fully saturated rings. The Hall–Kier alpha value is -3.35. The molecule has 2 aliphatic heterocycles. The number of aliphatic hydroxyl groups is 1. The largest absolute Gasteiger partial charge is 0.493 e. The van der Waals surface area contributed by atoms with Gasteiger partial charge in [0.05, 0.1) is 12.6 Å². The number of methoxy groups -OCH3 is 1. The number of halogens is 1. The molecule has 0 aliphatic carbocycles. The van der Waals surface area contributed by atoms with Crippen molar-refractivity contribution in [1.29, 1.82) is 0 Å². The maximum absolute atomic E-state index is 14.0. The van der Waals surface area contributed by atoms with Crippen molar-refractivity contribution in [1.82, 2.24) is 9.47 Å². The number of benzene rings is 3. The monoisotopic (exact) mass is 474 g/mol. The molecule has 2 aliphatic rings.